The second-order valence-electron chi connectivity index (χ2n) is 8.46. The van der Waals surface area contributed by atoms with E-state index in [9.17, 15) is 14.4 Å². The Hall–Kier alpha value is -2.41. The standard InChI is InChI=1S/C21H29N3O4/c1-21(2,3)24-13-14(11-18(24)25)19(26)23-17-9-5-4-8-16(17)20(27)22-12-15-7-6-10-28-15/h4-5,8-9,14-15H,6-7,10-13H2,1-3H3,(H,22,27)(H,23,26)/t14-,15-/m1/s1. The van der Waals surface area contributed by atoms with E-state index in [4.69, 9.17) is 4.74 Å². The van der Waals surface area contributed by atoms with Crippen LogP contribution < -0.4 is 10.6 Å². The van der Waals surface area contributed by atoms with Crippen molar-refractivity contribution in [3.8, 4) is 0 Å². The van der Waals surface area contributed by atoms with Crippen LogP contribution in [0.1, 0.15) is 50.4 Å². The molecule has 0 saturated carbocycles. The molecule has 2 N–H and O–H groups in total. The van der Waals surface area contributed by atoms with Gasteiger partial charge in [-0.2, -0.15) is 0 Å². The lowest BCUT2D eigenvalue weighted by atomic mass is 10.1. The van der Waals surface area contributed by atoms with Crippen LogP contribution in [0.15, 0.2) is 24.3 Å². The average Bonchev–Trinajstić information content (AvgIpc) is 3.29. The first kappa shape index (κ1) is 20.3. The van der Waals surface area contributed by atoms with Gasteiger partial charge in [0.05, 0.1) is 23.3 Å². The molecule has 1 aromatic rings. The molecule has 2 heterocycles. The molecule has 0 aliphatic carbocycles. The lowest BCUT2D eigenvalue weighted by molar-refractivity contribution is -0.131. The summed E-state index contributed by atoms with van der Waals surface area (Å²) in [7, 11) is 0. The molecule has 152 valence electrons. The molecule has 3 amide bonds. The van der Waals surface area contributed by atoms with Gasteiger partial charge in [0.15, 0.2) is 0 Å². The van der Waals surface area contributed by atoms with Crippen molar-refractivity contribution in [3.63, 3.8) is 0 Å². The van der Waals surface area contributed by atoms with Gasteiger partial charge in [0.1, 0.15) is 0 Å². The van der Waals surface area contributed by atoms with Gasteiger partial charge in [-0.15, -0.1) is 0 Å². The maximum atomic E-state index is 12.7. The third kappa shape index (κ3) is 4.70. The summed E-state index contributed by atoms with van der Waals surface area (Å²) in [5.74, 6) is -0.922. The van der Waals surface area contributed by atoms with Crippen molar-refractivity contribution in [1.82, 2.24) is 10.2 Å². The normalized spacial score (nSPS) is 22.4. The lowest BCUT2D eigenvalue weighted by Crippen LogP contribution is -2.42. The lowest BCUT2D eigenvalue weighted by Gasteiger charge is -2.31. The Bertz CT molecular complexity index is 750. The molecule has 7 heteroatoms. The fraction of sp³-hybridized carbons (Fsp3) is 0.571. The first-order valence-electron chi connectivity index (χ1n) is 9.86. The van der Waals surface area contributed by atoms with Gasteiger partial charge >= 0.3 is 0 Å². The van der Waals surface area contributed by atoms with Crippen molar-refractivity contribution >= 4 is 23.4 Å². The summed E-state index contributed by atoms with van der Waals surface area (Å²) in [5, 5.41) is 5.72. The van der Waals surface area contributed by atoms with Crippen LogP contribution in [-0.2, 0) is 14.3 Å². The van der Waals surface area contributed by atoms with E-state index in [1.807, 2.05) is 20.8 Å². The van der Waals surface area contributed by atoms with Gasteiger partial charge in [0, 0.05) is 31.7 Å². The SMILES string of the molecule is CC(C)(C)N1C[C@H](C(=O)Nc2ccccc2C(=O)NC[C@H]2CCCO2)CC1=O. The van der Waals surface area contributed by atoms with Crippen molar-refractivity contribution in [2.24, 2.45) is 5.92 Å². The molecular weight excluding hydrogens is 358 g/mol. The Balaban J connectivity index is 1.63. The summed E-state index contributed by atoms with van der Waals surface area (Å²) in [5.41, 5.74) is 0.552. The number of para-hydroxylation sites is 1. The Kier molecular flexibility index (Phi) is 6.03. The number of nitrogens with zero attached hydrogens (tertiary/aromatic N) is 1. The molecular formula is C21H29N3O4. The zero-order valence-electron chi connectivity index (χ0n) is 16.8. The Morgan fingerprint density at radius 1 is 1.25 bits per heavy atom. The summed E-state index contributed by atoms with van der Waals surface area (Å²) in [4.78, 5) is 39.3. The Morgan fingerprint density at radius 3 is 2.64 bits per heavy atom. The smallest absolute Gasteiger partial charge is 0.253 e. The summed E-state index contributed by atoms with van der Waals surface area (Å²) in [6.07, 6.45) is 2.20. The molecule has 2 aliphatic heterocycles. The Morgan fingerprint density at radius 2 is 2.00 bits per heavy atom. The van der Waals surface area contributed by atoms with Crippen LogP contribution in [0.5, 0.6) is 0 Å². The van der Waals surface area contributed by atoms with Crippen LogP contribution in [0.25, 0.3) is 0 Å². The van der Waals surface area contributed by atoms with E-state index in [0.29, 0.717) is 24.3 Å². The van der Waals surface area contributed by atoms with Gasteiger partial charge in [-0.1, -0.05) is 12.1 Å². The number of likely N-dealkylation sites (tertiary alicyclic amines) is 1. The third-order valence-corrected chi connectivity index (χ3v) is 5.25. The number of carbonyl (C=O) groups excluding carboxylic acids is 3. The molecule has 2 saturated heterocycles. The minimum absolute atomic E-state index is 0.0183. The van der Waals surface area contributed by atoms with E-state index in [2.05, 4.69) is 10.6 Å². The highest BCUT2D eigenvalue weighted by Crippen LogP contribution is 2.27. The Labute approximate surface area is 165 Å². The fourth-order valence-corrected chi connectivity index (χ4v) is 3.66. The second-order valence-corrected chi connectivity index (χ2v) is 8.46. The van der Waals surface area contributed by atoms with E-state index >= 15 is 0 Å². The van der Waals surface area contributed by atoms with Crippen LogP contribution >= 0.6 is 0 Å². The molecule has 2 aliphatic rings. The van der Waals surface area contributed by atoms with Crippen LogP contribution in [0, 0.1) is 5.92 Å². The number of nitrogens with one attached hydrogen (secondary N) is 2. The highest BCUT2D eigenvalue weighted by molar-refractivity contribution is 6.05. The average molecular weight is 387 g/mol. The van der Waals surface area contributed by atoms with E-state index in [1.165, 1.54) is 0 Å². The van der Waals surface area contributed by atoms with Crippen molar-refractivity contribution in [2.45, 2.75) is 51.7 Å². The summed E-state index contributed by atoms with van der Waals surface area (Å²) < 4.78 is 5.53. The van der Waals surface area contributed by atoms with Crippen LogP contribution in [0.4, 0.5) is 5.69 Å². The molecule has 0 bridgehead atoms. The second kappa shape index (κ2) is 8.31. The quantitative estimate of drug-likeness (QED) is 0.811. The first-order chi connectivity index (χ1) is 13.3. The summed E-state index contributed by atoms with van der Waals surface area (Å²) >= 11 is 0. The molecule has 2 atom stereocenters. The van der Waals surface area contributed by atoms with Crippen molar-refractivity contribution in [1.29, 1.82) is 0 Å². The molecule has 2 fully saturated rings. The molecule has 0 radical (unpaired) electrons. The number of hydrogen-bond donors (Lipinski definition) is 2. The molecule has 3 rings (SSSR count). The highest BCUT2D eigenvalue weighted by atomic mass is 16.5. The van der Waals surface area contributed by atoms with Gasteiger partial charge in [-0.3, -0.25) is 14.4 Å². The third-order valence-electron chi connectivity index (χ3n) is 5.25. The first-order valence-corrected chi connectivity index (χ1v) is 9.86. The number of rotatable bonds is 5. The van der Waals surface area contributed by atoms with Gasteiger partial charge in [-0.05, 0) is 45.7 Å². The van der Waals surface area contributed by atoms with E-state index in [0.717, 1.165) is 19.4 Å². The predicted octanol–water partition coefficient (Wildman–Crippen LogP) is 2.18. The number of hydrogen-bond acceptors (Lipinski definition) is 4. The minimum atomic E-state index is -0.422. The molecule has 7 nitrogen and oxygen atoms in total. The van der Waals surface area contributed by atoms with Crippen molar-refractivity contribution in [3.05, 3.63) is 29.8 Å². The topological polar surface area (TPSA) is 87.7 Å². The number of carbonyl (C=O) groups is 3. The molecule has 0 unspecified atom stereocenters. The van der Waals surface area contributed by atoms with Gasteiger partial charge in [-0.25, -0.2) is 0 Å². The largest absolute Gasteiger partial charge is 0.376 e. The number of amides is 3. The monoisotopic (exact) mass is 387 g/mol. The molecule has 1 aromatic carbocycles. The zero-order valence-corrected chi connectivity index (χ0v) is 16.8. The van der Waals surface area contributed by atoms with E-state index in [-0.39, 0.29) is 35.8 Å². The number of ether oxygens (including phenoxy) is 1. The summed E-state index contributed by atoms with van der Waals surface area (Å²) in [6.45, 7) is 7.45. The maximum Gasteiger partial charge on any atom is 0.253 e. The van der Waals surface area contributed by atoms with E-state index < -0.39 is 5.92 Å². The van der Waals surface area contributed by atoms with Crippen molar-refractivity contribution < 1.29 is 19.1 Å². The summed E-state index contributed by atoms with van der Waals surface area (Å²) in [6, 6.07) is 6.92. The molecule has 0 spiro atoms. The maximum absolute atomic E-state index is 12.7. The van der Waals surface area contributed by atoms with Gasteiger partial charge in [0.2, 0.25) is 11.8 Å². The van der Waals surface area contributed by atoms with Crippen LogP contribution in [-0.4, -0.2) is 54.0 Å². The van der Waals surface area contributed by atoms with Gasteiger partial charge in [0.25, 0.3) is 5.91 Å². The fourth-order valence-electron chi connectivity index (χ4n) is 3.66. The van der Waals surface area contributed by atoms with Crippen LogP contribution in [0.3, 0.4) is 0 Å². The van der Waals surface area contributed by atoms with E-state index in [1.54, 1.807) is 29.2 Å². The van der Waals surface area contributed by atoms with Gasteiger partial charge < -0.3 is 20.3 Å². The van der Waals surface area contributed by atoms with Crippen molar-refractivity contribution in [2.75, 3.05) is 25.0 Å². The predicted molar refractivity (Wildman–Crippen MR) is 106 cm³/mol. The minimum Gasteiger partial charge on any atom is -0.376 e. The highest BCUT2D eigenvalue weighted by Gasteiger charge is 2.39. The molecule has 0 aromatic heterocycles. The number of anilines is 1. The number of benzene rings is 1. The molecule has 28 heavy (non-hydrogen) atoms. The zero-order chi connectivity index (χ0) is 20.3. The van der Waals surface area contributed by atoms with Crippen LogP contribution in [0.2, 0.25) is 0 Å².